The largest absolute Gasteiger partial charge is 0.481 e. The number of aryl methyl sites for hydroxylation is 1. The molecule has 1 saturated heterocycles. The number of nitrogens with zero attached hydrogens (tertiary/aromatic N) is 2. The lowest BCUT2D eigenvalue weighted by molar-refractivity contribution is -0.136. The molecule has 20 heavy (non-hydrogen) atoms. The van der Waals surface area contributed by atoms with Crippen LogP contribution in [0, 0.1) is 13.8 Å². The van der Waals surface area contributed by atoms with Gasteiger partial charge in [0.2, 0.25) is 0 Å². The van der Waals surface area contributed by atoms with Crippen LogP contribution in [0.15, 0.2) is 4.79 Å². The van der Waals surface area contributed by atoms with Gasteiger partial charge in [0, 0.05) is 46.0 Å². The highest BCUT2D eigenvalue weighted by molar-refractivity contribution is 8.06. The lowest BCUT2D eigenvalue weighted by Crippen LogP contribution is -2.33. The zero-order valence-corrected chi connectivity index (χ0v) is 13.2. The molecule has 1 fully saturated rings. The van der Waals surface area contributed by atoms with Gasteiger partial charge in [0.1, 0.15) is 0 Å². The average molecular weight is 314 g/mol. The average Bonchev–Trinajstić information content (AvgIpc) is 2.40. The van der Waals surface area contributed by atoms with Gasteiger partial charge in [-0.1, -0.05) is 0 Å². The van der Waals surface area contributed by atoms with Crippen LogP contribution in [-0.4, -0.2) is 43.1 Å². The van der Waals surface area contributed by atoms with Crippen molar-refractivity contribution in [3.05, 3.63) is 27.4 Å². The van der Waals surface area contributed by atoms with Crippen molar-refractivity contribution in [3.63, 3.8) is 0 Å². The first-order valence-corrected chi connectivity index (χ1v) is 8.67. The van der Waals surface area contributed by atoms with Gasteiger partial charge in [0.05, 0.1) is 6.42 Å². The lowest BCUT2D eigenvalue weighted by atomic mass is 10.1. The Morgan fingerprint density at radius 3 is 2.80 bits per heavy atom. The fraction of sp³-hybridized carbons (Fsp3) is 0.615. The van der Waals surface area contributed by atoms with Gasteiger partial charge in [-0.15, -0.1) is 0 Å². The number of hydrogen-bond acceptors (Lipinski definition) is 5. The fourth-order valence-corrected chi connectivity index (χ4v) is 4.96. The summed E-state index contributed by atoms with van der Waals surface area (Å²) in [5.41, 5.74) is 1.65. The van der Waals surface area contributed by atoms with Crippen LogP contribution >= 0.6 is 23.5 Å². The molecule has 7 heteroatoms. The van der Waals surface area contributed by atoms with Crippen LogP contribution in [0.1, 0.15) is 17.0 Å². The summed E-state index contributed by atoms with van der Waals surface area (Å²) in [5, 5.41) is 9.37. The molecule has 5 nitrogen and oxygen atoms in total. The van der Waals surface area contributed by atoms with Crippen LogP contribution in [-0.2, 0) is 17.8 Å². The second kappa shape index (κ2) is 6.67. The predicted octanol–water partition coefficient (Wildman–Crippen LogP) is 1.34. The van der Waals surface area contributed by atoms with Crippen molar-refractivity contribution in [2.24, 2.45) is 0 Å². The molecular formula is C13H18N2O3S2. The molecule has 2 heterocycles. The lowest BCUT2D eigenvalue weighted by Gasteiger charge is -2.23. The van der Waals surface area contributed by atoms with Gasteiger partial charge in [0.15, 0.2) is 0 Å². The Kier molecular flexibility index (Phi) is 5.15. The maximum Gasteiger partial charge on any atom is 0.348 e. The zero-order chi connectivity index (χ0) is 14.7. The van der Waals surface area contributed by atoms with E-state index in [1.165, 1.54) is 0 Å². The molecule has 1 aliphatic heterocycles. The highest BCUT2D eigenvalue weighted by atomic mass is 32.2. The standard InChI is InChI=1S/C13H18N2O3S2/c1-8-11(5-12(16)17)9(2)15(13(18)14-8)6-10-7-19-3-4-20-10/h10H,3-7H2,1-2H3,(H,16,17). The molecular weight excluding hydrogens is 296 g/mol. The Morgan fingerprint density at radius 2 is 2.20 bits per heavy atom. The van der Waals surface area contributed by atoms with Crippen LogP contribution in [0.25, 0.3) is 0 Å². The number of hydrogen-bond donors (Lipinski definition) is 1. The minimum absolute atomic E-state index is 0.0858. The smallest absolute Gasteiger partial charge is 0.348 e. The van der Waals surface area contributed by atoms with Gasteiger partial charge in [-0.2, -0.15) is 28.5 Å². The SMILES string of the molecule is Cc1nc(=O)n(CC2CSCCS2)c(C)c1CC(=O)O. The van der Waals surface area contributed by atoms with E-state index in [-0.39, 0.29) is 12.1 Å². The van der Waals surface area contributed by atoms with Gasteiger partial charge in [0.25, 0.3) is 0 Å². The van der Waals surface area contributed by atoms with Crippen molar-refractivity contribution < 1.29 is 9.90 Å². The van der Waals surface area contributed by atoms with Crippen molar-refractivity contribution >= 4 is 29.5 Å². The summed E-state index contributed by atoms with van der Waals surface area (Å²) in [6.45, 7) is 4.12. The predicted molar refractivity (Wildman–Crippen MR) is 82.9 cm³/mol. The van der Waals surface area contributed by atoms with E-state index in [2.05, 4.69) is 4.98 Å². The number of carboxylic acids is 1. The molecule has 0 spiro atoms. The van der Waals surface area contributed by atoms with Gasteiger partial charge in [-0.25, -0.2) is 4.79 Å². The monoisotopic (exact) mass is 314 g/mol. The molecule has 2 rings (SSSR count). The van der Waals surface area contributed by atoms with E-state index < -0.39 is 5.97 Å². The number of carboxylic acid groups (broad SMARTS) is 1. The summed E-state index contributed by atoms with van der Waals surface area (Å²) in [5.74, 6) is 2.39. The summed E-state index contributed by atoms with van der Waals surface area (Å²) in [4.78, 5) is 27.0. The number of rotatable bonds is 4. The Morgan fingerprint density at radius 1 is 1.45 bits per heavy atom. The summed E-state index contributed by atoms with van der Waals surface area (Å²) in [6.07, 6.45) is -0.0858. The molecule has 1 aromatic rings. The van der Waals surface area contributed by atoms with E-state index in [0.717, 1.165) is 23.0 Å². The Hall–Kier alpha value is -0.950. The molecule has 0 aromatic carbocycles. The third kappa shape index (κ3) is 3.58. The zero-order valence-electron chi connectivity index (χ0n) is 11.6. The molecule has 1 aliphatic rings. The van der Waals surface area contributed by atoms with Crippen LogP contribution < -0.4 is 5.69 Å². The summed E-state index contributed by atoms with van der Waals surface area (Å²) < 4.78 is 1.63. The van der Waals surface area contributed by atoms with Crippen molar-refractivity contribution in [2.45, 2.75) is 32.1 Å². The van der Waals surface area contributed by atoms with E-state index in [1.54, 1.807) is 11.5 Å². The van der Waals surface area contributed by atoms with Crippen LogP contribution in [0.3, 0.4) is 0 Å². The number of thioether (sulfide) groups is 2. The quantitative estimate of drug-likeness (QED) is 0.904. The molecule has 0 amide bonds. The first-order valence-electron chi connectivity index (χ1n) is 6.47. The minimum Gasteiger partial charge on any atom is -0.481 e. The van der Waals surface area contributed by atoms with Crippen molar-refractivity contribution in [1.29, 1.82) is 0 Å². The molecule has 1 atom stereocenters. The van der Waals surface area contributed by atoms with Gasteiger partial charge in [-0.3, -0.25) is 9.36 Å². The highest BCUT2D eigenvalue weighted by Crippen LogP contribution is 2.25. The van der Waals surface area contributed by atoms with E-state index >= 15 is 0 Å². The van der Waals surface area contributed by atoms with Crippen molar-refractivity contribution in [2.75, 3.05) is 17.3 Å². The van der Waals surface area contributed by atoms with Crippen molar-refractivity contribution in [1.82, 2.24) is 9.55 Å². The summed E-state index contributed by atoms with van der Waals surface area (Å²) in [6, 6.07) is 0. The normalized spacial score (nSPS) is 19.0. The number of aromatic nitrogens is 2. The summed E-state index contributed by atoms with van der Waals surface area (Å²) >= 11 is 3.78. The number of carbonyl (C=O) groups is 1. The maximum absolute atomic E-state index is 12.1. The highest BCUT2D eigenvalue weighted by Gasteiger charge is 2.19. The van der Waals surface area contributed by atoms with E-state index in [9.17, 15) is 9.59 Å². The van der Waals surface area contributed by atoms with Crippen LogP contribution in [0.5, 0.6) is 0 Å². The molecule has 110 valence electrons. The molecule has 0 bridgehead atoms. The fourth-order valence-electron chi connectivity index (χ4n) is 2.31. The molecule has 1 unspecified atom stereocenters. The van der Waals surface area contributed by atoms with E-state index in [0.29, 0.717) is 23.1 Å². The van der Waals surface area contributed by atoms with Crippen LogP contribution in [0.4, 0.5) is 0 Å². The maximum atomic E-state index is 12.1. The Balaban J connectivity index is 2.31. The molecule has 0 saturated carbocycles. The van der Waals surface area contributed by atoms with Gasteiger partial charge in [-0.05, 0) is 13.8 Å². The third-order valence-electron chi connectivity index (χ3n) is 3.37. The minimum atomic E-state index is -0.897. The molecule has 0 aliphatic carbocycles. The Labute approximate surface area is 126 Å². The first-order chi connectivity index (χ1) is 9.49. The van der Waals surface area contributed by atoms with Gasteiger partial charge < -0.3 is 5.11 Å². The first kappa shape index (κ1) is 15.4. The van der Waals surface area contributed by atoms with Crippen molar-refractivity contribution in [3.8, 4) is 0 Å². The third-order valence-corrected chi connectivity index (χ3v) is 6.20. The second-order valence-corrected chi connectivity index (χ2v) is 7.35. The number of aliphatic carboxylic acids is 1. The molecule has 0 radical (unpaired) electrons. The summed E-state index contributed by atoms with van der Waals surface area (Å²) in [7, 11) is 0. The Bertz CT molecular complexity index is 565. The molecule has 1 N–H and O–H groups in total. The molecule has 1 aromatic heterocycles. The second-order valence-electron chi connectivity index (χ2n) is 4.79. The topological polar surface area (TPSA) is 72.2 Å². The van der Waals surface area contributed by atoms with Gasteiger partial charge >= 0.3 is 11.7 Å². The van der Waals surface area contributed by atoms with E-state index in [1.807, 2.05) is 30.4 Å². The van der Waals surface area contributed by atoms with Crippen LogP contribution in [0.2, 0.25) is 0 Å². The van der Waals surface area contributed by atoms with E-state index in [4.69, 9.17) is 5.11 Å².